The number of rotatable bonds is 7. The van der Waals surface area contributed by atoms with Crippen LogP contribution in [0.3, 0.4) is 0 Å². The summed E-state index contributed by atoms with van der Waals surface area (Å²) in [6, 6.07) is 0. The van der Waals surface area contributed by atoms with Crippen LogP contribution >= 0.6 is 0 Å². The molecule has 1 saturated heterocycles. The van der Waals surface area contributed by atoms with Gasteiger partial charge in [0.25, 0.3) is 0 Å². The second kappa shape index (κ2) is 10.4. The van der Waals surface area contributed by atoms with Crippen LogP contribution in [0, 0.1) is 11.8 Å². The Kier molecular flexibility index (Phi) is 8.18. The van der Waals surface area contributed by atoms with E-state index in [4.69, 9.17) is 5.73 Å². The van der Waals surface area contributed by atoms with Gasteiger partial charge in [-0.25, -0.2) is 0 Å². The van der Waals surface area contributed by atoms with Gasteiger partial charge in [-0.15, -0.1) is 0 Å². The normalized spacial score (nSPS) is 21.6. The molecule has 1 saturated carbocycles. The molecule has 0 aromatic heterocycles. The summed E-state index contributed by atoms with van der Waals surface area (Å²) in [5, 5.41) is 5.54. The first-order chi connectivity index (χ1) is 12.1. The third-order valence-electron chi connectivity index (χ3n) is 5.22. The molecule has 0 radical (unpaired) electrons. The summed E-state index contributed by atoms with van der Waals surface area (Å²) in [5.41, 5.74) is 5.40. The number of likely N-dealkylation sites (tertiary alicyclic amines) is 1. The van der Waals surface area contributed by atoms with E-state index in [0.717, 1.165) is 25.7 Å². The molecule has 0 aromatic rings. The lowest BCUT2D eigenvalue weighted by Crippen LogP contribution is -2.48. The highest BCUT2D eigenvalue weighted by molar-refractivity contribution is 5.85. The molecule has 25 heavy (non-hydrogen) atoms. The minimum atomic E-state index is -0.179. The fourth-order valence-corrected chi connectivity index (χ4v) is 3.77. The van der Waals surface area contributed by atoms with Gasteiger partial charge in [-0.3, -0.25) is 14.4 Å². The van der Waals surface area contributed by atoms with Crippen molar-refractivity contribution in [3.63, 3.8) is 0 Å². The summed E-state index contributed by atoms with van der Waals surface area (Å²) < 4.78 is 0. The Hall–Kier alpha value is -1.63. The van der Waals surface area contributed by atoms with Gasteiger partial charge in [-0.2, -0.15) is 0 Å². The number of hydrogen-bond acceptors (Lipinski definition) is 4. The Balaban J connectivity index is 1.70. The van der Waals surface area contributed by atoms with Crippen molar-refractivity contribution < 1.29 is 14.4 Å². The van der Waals surface area contributed by atoms with Crippen LogP contribution in [0.5, 0.6) is 0 Å². The Morgan fingerprint density at radius 3 is 2.48 bits per heavy atom. The minimum Gasteiger partial charge on any atom is -0.355 e. The van der Waals surface area contributed by atoms with Crippen molar-refractivity contribution in [2.45, 2.75) is 51.4 Å². The molecule has 1 atom stereocenters. The van der Waals surface area contributed by atoms with Crippen LogP contribution in [0.1, 0.15) is 51.4 Å². The first-order valence-corrected chi connectivity index (χ1v) is 9.62. The molecule has 0 aromatic carbocycles. The van der Waals surface area contributed by atoms with Crippen LogP contribution in [0.2, 0.25) is 0 Å². The van der Waals surface area contributed by atoms with Crippen molar-refractivity contribution in [3.8, 4) is 0 Å². The van der Waals surface area contributed by atoms with Crippen LogP contribution in [0.4, 0.5) is 0 Å². The van der Waals surface area contributed by atoms with Crippen LogP contribution < -0.4 is 16.4 Å². The van der Waals surface area contributed by atoms with E-state index in [9.17, 15) is 14.4 Å². The van der Waals surface area contributed by atoms with Gasteiger partial charge in [0.2, 0.25) is 17.7 Å². The van der Waals surface area contributed by atoms with Gasteiger partial charge in [0.1, 0.15) is 0 Å². The van der Waals surface area contributed by atoms with E-state index < -0.39 is 0 Å². The van der Waals surface area contributed by atoms with Crippen molar-refractivity contribution in [3.05, 3.63) is 0 Å². The van der Waals surface area contributed by atoms with Crippen LogP contribution in [0.25, 0.3) is 0 Å². The summed E-state index contributed by atoms with van der Waals surface area (Å²) in [6.07, 6.45) is 8.04. The number of nitrogens with zero attached hydrogens (tertiary/aromatic N) is 1. The molecule has 7 nitrogen and oxygen atoms in total. The summed E-state index contributed by atoms with van der Waals surface area (Å²) >= 11 is 0. The fraction of sp³-hybridized carbons (Fsp3) is 0.833. The molecule has 1 heterocycles. The monoisotopic (exact) mass is 352 g/mol. The van der Waals surface area contributed by atoms with Crippen molar-refractivity contribution >= 4 is 17.7 Å². The van der Waals surface area contributed by atoms with Gasteiger partial charge >= 0.3 is 0 Å². The average molecular weight is 352 g/mol. The molecule has 1 aliphatic carbocycles. The highest BCUT2D eigenvalue weighted by Crippen LogP contribution is 2.26. The number of piperidine rings is 1. The van der Waals surface area contributed by atoms with Gasteiger partial charge in [0.05, 0.1) is 12.5 Å². The largest absolute Gasteiger partial charge is 0.355 e. The summed E-state index contributed by atoms with van der Waals surface area (Å²) in [5.74, 6) is 0.115. The predicted octanol–water partition coefficient (Wildman–Crippen LogP) is 0.387. The highest BCUT2D eigenvalue weighted by Gasteiger charge is 2.28. The fourth-order valence-electron chi connectivity index (χ4n) is 3.77. The maximum atomic E-state index is 12.3. The van der Waals surface area contributed by atoms with Crippen molar-refractivity contribution in [2.24, 2.45) is 17.6 Å². The lowest BCUT2D eigenvalue weighted by Gasteiger charge is -2.32. The molecule has 2 fully saturated rings. The van der Waals surface area contributed by atoms with Crippen LogP contribution in [0.15, 0.2) is 0 Å². The molecule has 2 aliphatic rings. The predicted molar refractivity (Wildman–Crippen MR) is 95.6 cm³/mol. The highest BCUT2D eigenvalue weighted by atomic mass is 16.2. The Morgan fingerprint density at radius 2 is 1.76 bits per heavy atom. The smallest absolute Gasteiger partial charge is 0.241 e. The quantitative estimate of drug-likeness (QED) is 0.616. The van der Waals surface area contributed by atoms with E-state index in [-0.39, 0.29) is 30.2 Å². The standard InChI is InChI=1S/C18H32N4O3/c19-8-9-20-18(25)15-7-4-10-22(13-15)17(24)12-21-16(23)11-14-5-2-1-3-6-14/h14-15H,1-13,19H2,(H,20,25)(H,21,23). The van der Waals surface area contributed by atoms with Crippen molar-refractivity contribution in [2.75, 3.05) is 32.7 Å². The Labute approximate surface area is 150 Å². The lowest BCUT2D eigenvalue weighted by molar-refractivity contribution is -0.136. The topological polar surface area (TPSA) is 105 Å². The number of carbonyl (C=O) groups is 3. The van der Waals surface area contributed by atoms with E-state index in [1.807, 2.05) is 0 Å². The number of nitrogens with two attached hydrogens (primary N) is 1. The van der Waals surface area contributed by atoms with Gasteiger partial charge < -0.3 is 21.3 Å². The second-order valence-corrected chi connectivity index (χ2v) is 7.24. The van der Waals surface area contributed by atoms with Crippen molar-refractivity contribution in [1.29, 1.82) is 0 Å². The third kappa shape index (κ3) is 6.65. The second-order valence-electron chi connectivity index (χ2n) is 7.24. The number of carbonyl (C=O) groups excluding carboxylic acids is 3. The zero-order chi connectivity index (χ0) is 18.1. The number of hydrogen-bond donors (Lipinski definition) is 3. The molecule has 142 valence electrons. The molecule has 0 bridgehead atoms. The van der Waals surface area contributed by atoms with Gasteiger partial charge in [0, 0.05) is 32.6 Å². The van der Waals surface area contributed by atoms with Crippen LogP contribution in [-0.4, -0.2) is 55.3 Å². The molecule has 3 amide bonds. The molecular formula is C18H32N4O3. The van der Waals surface area contributed by atoms with E-state index in [2.05, 4.69) is 10.6 Å². The maximum Gasteiger partial charge on any atom is 0.241 e. The molecular weight excluding hydrogens is 320 g/mol. The average Bonchev–Trinajstić information content (AvgIpc) is 2.65. The van der Waals surface area contributed by atoms with E-state index in [1.165, 1.54) is 19.3 Å². The third-order valence-corrected chi connectivity index (χ3v) is 5.22. The van der Waals surface area contributed by atoms with E-state index in [1.54, 1.807) is 4.90 Å². The Bertz CT molecular complexity index is 463. The zero-order valence-corrected chi connectivity index (χ0v) is 15.1. The Morgan fingerprint density at radius 1 is 1.00 bits per heavy atom. The van der Waals surface area contributed by atoms with Crippen molar-refractivity contribution in [1.82, 2.24) is 15.5 Å². The first-order valence-electron chi connectivity index (χ1n) is 9.62. The number of amides is 3. The maximum absolute atomic E-state index is 12.3. The van der Waals surface area contributed by atoms with Gasteiger partial charge in [-0.1, -0.05) is 19.3 Å². The molecule has 1 aliphatic heterocycles. The van der Waals surface area contributed by atoms with E-state index in [0.29, 0.717) is 38.5 Å². The minimum absolute atomic E-state index is 0.0304. The summed E-state index contributed by atoms with van der Waals surface area (Å²) in [4.78, 5) is 38.1. The summed E-state index contributed by atoms with van der Waals surface area (Å²) in [6.45, 7) is 1.98. The lowest BCUT2D eigenvalue weighted by atomic mass is 9.87. The van der Waals surface area contributed by atoms with Crippen LogP contribution in [-0.2, 0) is 14.4 Å². The number of nitrogens with one attached hydrogen (secondary N) is 2. The first kappa shape index (κ1) is 19.7. The molecule has 1 unspecified atom stereocenters. The molecule has 0 spiro atoms. The molecule has 4 N–H and O–H groups in total. The molecule has 7 heteroatoms. The van der Waals surface area contributed by atoms with Gasteiger partial charge in [0.15, 0.2) is 0 Å². The van der Waals surface area contributed by atoms with Gasteiger partial charge in [-0.05, 0) is 31.6 Å². The summed E-state index contributed by atoms with van der Waals surface area (Å²) in [7, 11) is 0. The zero-order valence-electron chi connectivity index (χ0n) is 15.1. The molecule has 2 rings (SSSR count). The SMILES string of the molecule is NCCNC(=O)C1CCCN(C(=O)CNC(=O)CC2CCCCC2)C1. The van der Waals surface area contributed by atoms with E-state index >= 15 is 0 Å².